The summed E-state index contributed by atoms with van der Waals surface area (Å²) in [5.41, 5.74) is 2.17. The molecule has 5 heteroatoms. The van der Waals surface area contributed by atoms with Gasteiger partial charge in [0.25, 0.3) is 0 Å². The van der Waals surface area contributed by atoms with Crippen molar-refractivity contribution in [2.75, 3.05) is 32.8 Å². The summed E-state index contributed by atoms with van der Waals surface area (Å²) in [4.78, 5) is 14.6. The lowest BCUT2D eigenvalue weighted by Crippen LogP contribution is -2.43. The van der Waals surface area contributed by atoms with Crippen LogP contribution in [0, 0.1) is 5.82 Å². The van der Waals surface area contributed by atoms with Gasteiger partial charge in [0.1, 0.15) is 5.82 Å². The van der Waals surface area contributed by atoms with Crippen molar-refractivity contribution in [3.05, 3.63) is 71.5 Å². The smallest absolute Gasteiger partial charge is 0.220 e. The van der Waals surface area contributed by atoms with Crippen LogP contribution in [0.5, 0.6) is 0 Å². The van der Waals surface area contributed by atoms with Crippen molar-refractivity contribution in [2.45, 2.75) is 18.9 Å². The molecule has 1 aliphatic rings. The molecule has 2 aromatic carbocycles. The average Bonchev–Trinajstić information content (AvgIpc) is 2.69. The van der Waals surface area contributed by atoms with Crippen LogP contribution in [0.1, 0.15) is 23.6 Å². The highest BCUT2D eigenvalue weighted by molar-refractivity contribution is 5.76. The van der Waals surface area contributed by atoms with Gasteiger partial charge >= 0.3 is 0 Å². The molecule has 3 rings (SSSR count). The van der Waals surface area contributed by atoms with Gasteiger partial charge < -0.3 is 10.1 Å². The van der Waals surface area contributed by atoms with Crippen LogP contribution in [0.4, 0.5) is 4.39 Å². The minimum atomic E-state index is -0.249. The fourth-order valence-electron chi connectivity index (χ4n) is 3.23. The van der Waals surface area contributed by atoms with Crippen molar-refractivity contribution in [3.8, 4) is 0 Å². The molecule has 0 aromatic heterocycles. The molecule has 1 unspecified atom stereocenters. The Morgan fingerprint density at radius 2 is 1.77 bits per heavy atom. The normalized spacial score (nSPS) is 16.2. The molecule has 26 heavy (non-hydrogen) atoms. The van der Waals surface area contributed by atoms with E-state index in [0.29, 0.717) is 26.2 Å². The van der Waals surface area contributed by atoms with E-state index in [1.54, 1.807) is 12.1 Å². The summed E-state index contributed by atoms with van der Waals surface area (Å²) in [6, 6.07) is 16.6. The zero-order chi connectivity index (χ0) is 18.2. The summed E-state index contributed by atoms with van der Waals surface area (Å²) in [5.74, 6) is -0.212. The van der Waals surface area contributed by atoms with Gasteiger partial charge in [-0.05, 0) is 29.7 Å². The number of carbonyl (C=O) groups excluding carboxylic acids is 1. The van der Waals surface area contributed by atoms with E-state index in [9.17, 15) is 9.18 Å². The molecule has 4 nitrogen and oxygen atoms in total. The highest BCUT2D eigenvalue weighted by Gasteiger charge is 2.23. The van der Waals surface area contributed by atoms with Gasteiger partial charge in [0, 0.05) is 26.1 Å². The average molecular weight is 356 g/mol. The van der Waals surface area contributed by atoms with Gasteiger partial charge in [-0.15, -0.1) is 0 Å². The minimum absolute atomic E-state index is 0.0279. The van der Waals surface area contributed by atoms with Crippen LogP contribution in [0.15, 0.2) is 54.6 Å². The summed E-state index contributed by atoms with van der Waals surface area (Å²) in [6.45, 7) is 3.49. The minimum Gasteiger partial charge on any atom is -0.379 e. The molecule has 0 aliphatic carbocycles. The molecule has 1 saturated heterocycles. The van der Waals surface area contributed by atoms with Gasteiger partial charge in [0.05, 0.1) is 19.3 Å². The molecule has 1 N–H and O–H groups in total. The first-order chi connectivity index (χ1) is 12.7. The number of benzene rings is 2. The first kappa shape index (κ1) is 18.5. The molecule has 0 saturated carbocycles. The molecular formula is C21H25FN2O2. The van der Waals surface area contributed by atoms with Crippen molar-refractivity contribution in [1.82, 2.24) is 10.2 Å². The Morgan fingerprint density at radius 1 is 1.08 bits per heavy atom. The number of aryl methyl sites for hydroxylation is 1. The van der Waals surface area contributed by atoms with E-state index < -0.39 is 0 Å². The molecule has 0 spiro atoms. The second-order valence-electron chi connectivity index (χ2n) is 6.51. The van der Waals surface area contributed by atoms with Gasteiger partial charge in [-0.25, -0.2) is 4.39 Å². The van der Waals surface area contributed by atoms with E-state index in [2.05, 4.69) is 10.2 Å². The van der Waals surface area contributed by atoms with E-state index in [4.69, 9.17) is 4.74 Å². The zero-order valence-electron chi connectivity index (χ0n) is 14.9. The molecule has 1 aliphatic heterocycles. The van der Waals surface area contributed by atoms with Crippen molar-refractivity contribution in [3.63, 3.8) is 0 Å². The number of morpholine rings is 1. The van der Waals surface area contributed by atoms with Crippen molar-refractivity contribution in [2.24, 2.45) is 0 Å². The van der Waals surface area contributed by atoms with Crippen LogP contribution >= 0.6 is 0 Å². The maximum atomic E-state index is 13.3. The quantitative estimate of drug-likeness (QED) is 0.829. The predicted octanol–water partition coefficient (Wildman–Crippen LogP) is 2.95. The standard InChI is InChI=1S/C21H25FN2O2/c22-19-9-7-18(8-10-19)20(24-12-14-26-15-13-24)16-23-21(25)11-6-17-4-2-1-3-5-17/h1-5,7-10,20H,6,11-16H2,(H,23,25). The Hall–Kier alpha value is -2.24. The summed E-state index contributed by atoms with van der Waals surface area (Å²) in [7, 11) is 0. The van der Waals surface area contributed by atoms with Crippen LogP contribution in [-0.4, -0.2) is 43.7 Å². The molecule has 1 fully saturated rings. The first-order valence-electron chi connectivity index (χ1n) is 9.10. The summed E-state index contributed by atoms with van der Waals surface area (Å²) in [5, 5.41) is 3.05. The SMILES string of the molecule is O=C(CCc1ccccc1)NCC(c1ccc(F)cc1)N1CCOCC1. The number of rotatable bonds is 7. The molecule has 1 heterocycles. The second-order valence-corrected chi connectivity index (χ2v) is 6.51. The van der Waals surface area contributed by atoms with E-state index in [1.807, 2.05) is 30.3 Å². The number of nitrogens with one attached hydrogen (secondary N) is 1. The highest BCUT2D eigenvalue weighted by Crippen LogP contribution is 2.21. The molecular weight excluding hydrogens is 331 g/mol. The van der Waals surface area contributed by atoms with E-state index in [0.717, 1.165) is 30.6 Å². The van der Waals surface area contributed by atoms with Gasteiger partial charge in [-0.1, -0.05) is 42.5 Å². The number of amides is 1. The lowest BCUT2D eigenvalue weighted by molar-refractivity contribution is -0.121. The van der Waals surface area contributed by atoms with E-state index >= 15 is 0 Å². The lowest BCUT2D eigenvalue weighted by atomic mass is 10.0. The molecule has 1 atom stereocenters. The molecule has 0 bridgehead atoms. The third-order valence-electron chi connectivity index (χ3n) is 4.72. The van der Waals surface area contributed by atoms with Crippen LogP contribution in [-0.2, 0) is 16.0 Å². The Labute approximate surface area is 154 Å². The zero-order valence-corrected chi connectivity index (χ0v) is 14.9. The molecule has 1 amide bonds. The fraction of sp³-hybridized carbons (Fsp3) is 0.381. The number of hydrogen-bond donors (Lipinski definition) is 1. The largest absolute Gasteiger partial charge is 0.379 e. The van der Waals surface area contributed by atoms with Crippen LogP contribution in [0.2, 0.25) is 0 Å². The Bertz CT molecular complexity index is 685. The lowest BCUT2D eigenvalue weighted by Gasteiger charge is -2.35. The summed E-state index contributed by atoms with van der Waals surface area (Å²) in [6.07, 6.45) is 1.19. The van der Waals surface area contributed by atoms with E-state index in [-0.39, 0.29) is 17.8 Å². The third-order valence-corrected chi connectivity index (χ3v) is 4.72. The van der Waals surface area contributed by atoms with E-state index in [1.165, 1.54) is 12.1 Å². The number of nitrogens with zero attached hydrogens (tertiary/aromatic N) is 1. The molecule has 0 radical (unpaired) electrons. The van der Waals surface area contributed by atoms with Crippen LogP contribution < -0.4 is 5.32 Å². The number of carbonyl (C=O) groups is 1. The number of hydrogen-bond acceptors (Lipinski definition) is 3. The van der Waals surface area contributed by atoms with Gasteiger partial charge in [-0.2, -0.15) is 0 Å². The van der Waals surface area contributed by atoms with Gasteiger partial charge in [-0.3, -0.25) is 9.69 Å². The van der Waals surface area contributed by atoms with Gasteiger partial charge in [0.15, 0.2) is 0 Å². The van der Waals surface area contributed by atoms with Crippen molar-refractivity contribution < 1.29 is 13.9 Å². The molecule has 2 aromatic rings. The van der Waals surface area contributed by atoms with Crippen LogP contribution in [0.25, 0.3) is 0 Å². The number of halogens is 1. The first-order valence-corrected chi connectivity index (χ1v) is 9.10. The number of ether oxygens (including phenoxy) is 1. The summed E-state index contributed by atoms with van der Waals surface area (Å²) < 4.78 is 18.7. The maximum absolute atomic E-state index is 13.3. The highest BCUT2D eigenvalue weighted by atomic mass is 19.1. The molecule has 138 valence electrons. The Morgan fingerprint density at radius 3 is 2.46 bits per heavy atom. The monoisotopic (exact) mass is 356 g/mol. The topological polar surface area (TPSA) is 41.6 Å². The Kier molecular flexibility index (Phi) is 6.75. The van der Waals surface area contributed by atoms with Gasteiger partial charge in [0.2, 0.25) is 5.91 Å². The second kappa shape index (κ2) is 9.46. The Balaban J connectivity index is 1.58. The van der Waals surface area contributed by atoms with Crippen molar-refractivity contribution >= 4 is 5.91 Å². The summed E-state index contributed by atoms with van der Waals surface area (Å²) >= 11 is 0. The van der Waals surface area contributed by atoms with Crippen LogP contribution in [0.3, 0.4) is 0 Å². The maximum Gasteiger partial charge on any atom is 0.220 e. The fourth-order valence-corrected chi connectivity index (χ4v) is 3.23. The predicted molar refractivity (Wildman–Crippen MR) is 99.3 cm³/mol. The third kappa shape index (κ3) is 5.38. The van der Waals surface area contributed by atoms with Crippen molar-refractivity contribution in [1.29, 1.82) is 0 Å².